The number of ether oxygens (including phenoxy) is 2. The van der Waals surface area contributed by atoms with Crippen molar-refractivity contribution in [3.63, 3.8) is 0 Å². The molecule has 0 radical (unpaired) electrons. The molecule has 1 amide bonds. The summed E-state index contributed by atoms with van der Waals surface area (Å²) in [5, 5.41) is 6.54. The molecular formula is C31H26ClN3O4S. The quantitative estimate of drug-likeness (QED) is 0.196. The standard InChI is InChI=1S/C31H26ClN3O4S/c1-18-14-19(2)28-25(15-18)34-30(39-28)21-6-11-24(12-7-21)33-31(40)35-29(36)22-8-13-26(27(16-22)37-3)38-17-20-4-9-23(32)10-5-20/h4-16H,17H2,1-3H3,(H2,33,35,36,40). The molecule has 0 aliphatic rings. The molecule has 5 rings (SSSR count). The normalized spacial score (nSPS) is 10.8. The summed E-state index contributed by atoms with van der Waals surface area (Å²) in [5.41, 5.74) is 6.66. The van der Waals surface area contributed by atoms with E-state index in [1.165, 1.54) is 7.11 Å². The molecule has 0 saturated heterocycles. The fraction of sp³-hybridized carbons (Fsp3) is 0.129. The van der Waals surface area contributed by atoms with Crippen LogP contribution >= 0.6 is 23.8 Å². The molecule has 9 heteroatoms. The molecule has 0 saturated carbocycles. The molecule has 7 nitrogen and oxygen atoms in total. The van der Waals surface area contributed by atoms with E-state index in [4.69, 9.17) is 37.7 Å². The Morgan fingerprint density at radius 3 is 2.45 bits per heavy atom. The van der Waals surface area contributed by atoms with Gasteiger partial charge in [0.25, 0.3) is 5.91 Å². The number of methoxy groups -OCH3 is 1. The zero-order chi connectivity index (χ0) is 28.2. The maximum atomic E-state index is 12.8. The third-order valence-corrected chi connectivity index (χ3v) is 6.63. The molecule has 0 aliphatic carbocycles. The maximum absolute atomic E-state index is 12.8. The molecule has 0 aliphatic heterocycles. The molecule has 2 N–H and O–H groups in total. The van der Waals surface area contributed by atoms with E-state index in [1.807, 2.05) is 56.3 Å². The third kappa shape index (κ3) is 6.25. The number of carbonyl (C=O) groups is 1. The first-order valence-corrected chi connectivity index (χ1v) is 13.2. The third-order valence-electron chi connectivity index (χ3n) is 6.17. The number of anilines is 1. The number of aromatic nitrogens is 1. The Hall–Kier alpha value is -4.40. The van der Waals surface area contributed by atoms with Crippen LogP contribution in [0.4, 0.5) is 5.69 Å². The van der Waals surface area contributed by atoms with Crippen molar-refractivity contribution in [1.29, 1.82) is 0 Å². The number of fused-ring (bicyclic) bond motifs is 1. The Kier molecular flexibility index (Phi) is 8.00. The van der Waals surface area contributed by atoms with E-state index < -0.39 is 0 Å². The molecule has 0 spiro atoms. The Morgan fingerprint density at radius 2 is 1.73 bits per heavy atom. The molecule has 0 unspecified atom stereocenters. The van der Waals surface area contributed by atoms with Crippen LogP contribution in [0, 0.1) is 13.8 Å². The highest BCUT2D eigenvalue weighted by molar-refractivity contribution is 7.80. The van der Waals surface area contributed by atoms with Gasteiger partial charge >= 0.3 is 0 Å². The number of halogens is 1. The lowest BCUT2D eigenvalue weighted by Gasteiger charge is -2.13. The number of hydrogen-bond acceptors (Lipinski definition) is 6. The van der Waals surface area contributed by atoms with E-state index in [9.17, 15) is 4.79 Å². The molecule has 1 heterocycles. The fourth-order valence-corrected chi connectivity index (χ4v) is 4.54. The van der Waals surface area contributed by atoms with Gasteiger partial charge in [0.1, 0.15) is 12.1 Å². The summed E-state index contributed by atoms with van der Waals surface area (Å²) < 4.78 is 17.3. The first-order valence-electron chi connectivity index (χ1n) is 12.4. The van der Waals surface area contributed by atoms with E-state index in [2.05, 4.69) is 21.7 Å². The van der Waals surface area contributed by atoms with E-state index in [0.29, 0.717) is 40.3 Å². The van der Waals surface area contributed by atoms with Crippen molar-refractivity contribution in [2.45, 2.75) is 20.5 Å². The monoisotopic (exact) mass is 571 g/mol. The van der Waals surface area contributed by atoms with E-state index in [0.717, 1.165) is 33.4 Å². The predicted molar refractivity (Wildman–Crippen MR) is 161 cm³/mol. The van der Waals surface area contributed by atoms with Crippen molar-refractivity contribution < 1.29 is 18.7 Å². The lowest BCUT2D eigenvalue weighted by molar-refractivity contribution is 0.0977. The zero-order valence-corrected chi connectivity index (χ0v) is 23.7. The second-order valence-electron chi connectivity index (χ2n) is 9.22. The zero-order valence-electron chi connectivity index (χ0n) is 22.1. The minimum Gasteiger partial charge on any atom is -0.493 e. The molecule has 0 atom stereocenters. The molecular weight excluding hydrogens is 546 g/mol. The Bertz CT molecular complexity index is 1700. The number of carbonyl (C=O) groups excluding carboxylic acids is 1. The number of amides is 1. The number of aryl methyl sites for hydroxylation is 2. The molecule has 4 aromatic carbocycles. The Morgan fingerprint density at radius 1 is 0.975 bits per heavy atom. The number of hydrogen-bond donors (Lipinski definition) is 2. The minimum absolute atomic E-state index is 0.160. The number of benzene rings is 4. The van der Waals surface area contributed by atoms with Crippen molar-refractivity contribution in [2.24, 2.45) is 0 Å². The topological polar surface area (TPSA) is 85.6 Å². The molecule has 1 aromatic heterocycles. The lowest BCUT2D eigenvalue weighted by Crippen LogP contribution is -2.34. The molecule has 0 bridgehead atoms. The van der Waals surface area contributed by atoms with Gasteiger partial charge in [-0.15, -0.1) is 0 Å². The van der Waals surface area contributed by atoms with Crippen LogP contribution in [-0.2, 0) is 6.61 Å². The number of rotatable bonds is 7. The van der Waals surface area contributed by atoms with Crippen LogP contribution < -0.4 is 20.1 Å². The summed E-state index contributed by atoms with van der Waals surface area (Å²) in [5.74, 6) is 1.11. The van der Waals surface area contributed by atoms with Crippen LogP contribution in [0.15, 0.2) is 83.3 Å². The molecule has 0 fully saturated rings. The van der Waals surface area contributed by atoms with Crippen LogP contribution in [0.2, 0.25) is 5.02 Å². The number of thiocarbonyl (C=S) groups is 1. The number of nitrogens with zero attached hydrogens (tertiary/aromatic N) is 1. The highest BCUT2D eigenvalue weighted by Crippen LogP contribution is 2.30. The molecule has 40 heavy (non-hydrogen) atoms. The summed E-state index contributed by atoms with van der Waals surface area (Å²) in [4.78, 5) is 17.5. The summed E-state index contributed by atoms with van der Waals surface area (Å²) >= 11 is 11.3. The Balaban J connectivity index is 1.20. The van der Waals surface area contributed by atoms with Gasteiger partial charge in [-0.1, -0.05) is 29.8 Å². The maximum Gasteiger partial charge on any atom is 0.257 e. The predicted octanol–water partition coefficient (Wildman–Crippen LogP) is 7.48. The van der Waals surface area contributed by atoms with Crippen LogP contribution in [-0.4, -0.2) is 23.1 Å². The lowest BCUT2D eigenvalue weighted by atomic mass is 10.1. The summed E-state index contributed by atoms with van der Waals surface area (Å²) in [6.07, 6.45) is 0. The Labute approximate surface area is 242 Å². The smallest absolute Gasteiger partial charge is 0.257 e. The molecule has 5 aromatic rings. The second-order valence-corrected chi connectivity index (χ2v) is 10.1. The van der Waals surface area contributed by atoms with Crippen LogP contribution in [0.25, 0.3) is 22.6 Å². The van der Waals surface area contributed by atoms with Gasteiger partial charge in [0, 0.05) is 21.8 Å². The summed E-state index contributed by atoms with van der Waals surface area (Å²) in [6, 6.07) is 23.8. The number of oxazole rings is 1. The molecule has 202 valence electrons. The van der Waals surface area contributed by atoms with Crippen molar-refractivity contribution in [2.75, 3.05) is 12.4 Å². The van der Waals surface area contributed by atoms with Gasteiger partial charge in [-0.05, 0) is 103 Å². The highest BCUT2D eigenvalue weighted by Gasteiger charge is 2.14. The van der Waals surface area contributed by atoms with Gasteiger partial charge in [0.15, 0.2) is 22.2 Å². The fourth-order valence-electron chi connectivity index (χ4n) is 4.20. The van der Waals surface area contributed by atoms with E-state index in [1.54, 1.807) is 30.3 Å². The average molecular weight is 572 g/mol. The van der Waals surface area contributed by atoms with Crippen molar-refractivity contribution in [3.05, 3.63) is 106 Å². The largest absolute Gasteiger partial charge is 0.493 e. The van der Waals surface area contributed by atoms with E-state index in [-0.39, 0.29) is 11.0 Å². The summed E-state index contributed by atoms with van der Waals surface area (Å²) in [6.45, 7) is 4.37. The average Bonchev–Trinajstić information content (AvgIpc) is 3.37. The number of nitrogens with one attached hydrogen (secondary N) is 2. The van der Waals surface area contributed by atoms with Gasteiger partial charge in [-0.3, -0.25) is 10.1 Å². The van der Waals surface area contributed by atoms with Crippen molar-refractivity contribution in [1.82, 2.24) is 10.3 Å². The van der Waals surface area contributed by atoms with Crippen LogP contribution in [0.5, 0.6) is 11.5 Å². The summed E-state index contributed by atoms with van der Waals surface area (Å²) in [7, 11) is 1.52. The van der Waals surface area contributed by atoms with Crippen LogP contribution in [0.1, 0.15) is 27.0 Å². The first-order chi connectivity index (χ1) is 19.3. The van der Waals surface area contributed by atoms with E-state index >= 15 is 0 Å². The van der Waals surface area contributed by atoms with Crippen LogP contribution in [0.3, 0.4) is 0 Å². The first kappa shape index (κ1) is 27.2. The second kappa shape index (κ2) is 11.8. The minimum atomic E-state index is -0.381. The van der Waals surface area contributed by atoms with Crippen molar-refractivity contribution in [3.8, 4) is 23.0 Å². The van der Waals surface area contributed by atoms with Gasteiger partial charge in [-0.25, -0.2) is 4.98 Å². The van der Waals surface area contributed by atoms with Gasteiger partial charge in [0.05, 0.1) is 7.11 Å². The SMILES string of the molecule is COc1cc(C(=O)NC(=S)Nc2ccc(-c3nc4cc(C)cc(C)c4o3)cc2)ccc1OCc1ccc(Cl)cc1. The van der Waals surface area contributed by atoms with Gasteiger partial charge < -0.3 is 19.2 Å². The highest BCUT2D eigenvalue weighted by atomic mass is 35.5. The van der Waals surface area contributed by atoms with Gasteiger partial charge in [0.2, 0.25) is 5.89 Å². The van der Waals surface area contributed by atoms with Crippen molar-refractivity contribution >= 4 is 51.6 Å². The van der Waals surface area contributed by atoms with Gasteiger partial charge in [-0.2, -0.15) is 0 Å².